The van der Waals surface area contributed by atoms with Crippen LogP contribution in [0.25, 0.3) is 0 Å². The molecule has 0 radical (unpaired) electrons. The Morgan fingerprint density at radius 3 is 2.93 bits per heavy atom. The first kappa shape index (κ1) is 19.3. The van der Waals surface area contributed by atoms with E-state index in [1.807, 2.05) is 13.1 Å². The van der Waals surface area contributed by atoms with Crippen molar-refractivity contribution in [3.63, 3.8) is 0 Å². The SMILES string of the molecule is Cc1nc(CN(C)[C@H]2CCCc3cccnc32)cc(N2CCN(C)[C@H](C)C2)n1. The van der Waals surface area contributed by atoms with Crippen LogP contribution in [0.4, 0.5) is 5.82 Å². The minimum absolute atomic E-state index is 0.368. The molecular weight excluding hydrogens is 348 g/mol. The Hall–Kier alpha value is -2.05. The Balaban J connectivity index is 1.52. The standard InChI is InChI=1S/C22H32N6/c1-16-14-28(12-11-26(16)3)21-13-19(24-17(2)25-21)15-27(4)20-9-5-7-18-8-6-10-23-22(18)20/h6,8,10,13,16,20H,5,7,9,11-12,14-15H2,1-4H3/t16-,20+/m1/s1. The topological polar surface area (TPSA) is 48.4 Å². The number of rotatable bonds is 4. The smallest absolute Gasteiger partial charge is 0.132 e. The summed E-state index contributed by atoms with van der Waals surface area (Å²) in [5, 5.41) is 0. The van der Waals surface area contributed by atoms with Crippen LogP contribution >= 0.6 is 0 Å². The molecule has 0 amide bonds. The highest BCUT2D eigenvalue weighted by atomic mass is 15.3. The van der Waals surface area contributed by atoms with Crippen molar-refractivity contribution in [3.05, 3.63) is 47.2 Å². The van der Waals surface area contributed by atoms with Crippen molar-refractivity contribution in [2.45, 2.75) is 51.7 Å². The second kappa shape index (κ2) is 8.13. The van der Waals surface area contributed by atoms with Crippen LogP contribution in [0.1, 0.15) is 48.6 Å². The van der Waals surface area contributed by atoms with E-state index in [2.05, 4.69) is 53.9 Å². The van der Waals surface area contributed by atoms with Crippen molar-refractivity contribution in [3.8, 4) is 0 Å². The predicted molar refractivity (Wildman–Crippen MR) is 112 cm³/mol. The number of aromatic nitrogens is 3. The molecule has 0 aromatic carbocycles. The van der Waals surface area contributed by atoms with Gasteiger partial charge in [-0.25, -0.2) is 9.97 Å². The van der Waals surface area contributed by atoms with E-state index in [0.29, 0.717) is 12.1 Å². The van der Waals surface area contributed by atoms with Gasteiger partial charge >= 0.3 is 0 Å². The fourth-order valence-corrected chi connectivity index (χ4v) is 4.49. The first-order valence-corrected chi connectivity index (χ1v) is 10.4. The zero-order chi connectivity index (χ0) is 19.7. The zero-order valence-electron chi connectivity index (χ0n) is 17.6. The van der Waals surface area contributed by atoms with Crippen molar-refractivity contribution < 1.29 is 0 Å². The first-order valence-electron chi connectivity index (χ1n) is 10.4. The highest BCUT2D eigenvalue weighted by Gasteiger charge is 2.26. The minimum Gasteiger partial charge on any atom is -0.354 e. The van der Waals surface area contributed by atoms with Crippen LogP contribution in [-0.4, -0.2) is 64.5 Å². The number of nitrogens with zero attached hydrogens (tertiary/aromatic N) is 6. The third-order valence-corrected chi connectivity index (χ3v) is 6.27. The Bertz CT molecular complexity index is 822. The van der Waals surface area contributed by atoms with E-state index in [1.165, 1.54) is 17.7 Å². The molecule has 0 bridgehead atoms. The van der Waals surface area contributed by atoms with Gasteiger partial charge in [0.05, 0.1) is 17.4 Å². The van der Waals surface area contributed by atoms with Gasteiger partial charge in [0.1, 0.15) is 11.6 Å². The molecule has 0 unspecified atom stereocenters. The maximum Gasteiger partial charge on any atom is 0.132 e. The molecule has 2 aromatic rings. The van der Waals surface area contributed by atoms with E-state index in [1.54, 1.807) is 0 Å². The lowest BCUT2D eigenvalue weighted by atomic mass is 9.91. The van der Waals surface area contributed by atoms with E-state index >= 15 is 0 Å². The monoisotopic (exact) mass is 380 g/mol. The molecule has 28 heavy (non-hydrogen) atoms. The van der Waals surface area contributed by atoms with E-state index in [9.17, 15) is 0 Å². The number of fused-ring (bicyclic) bond motifs is 1. The number of piperazine rings is 1. The van der Waals surface area contributed by atoms with Crippen LogP contribution in [0.5, 0.6) is 0 Å². The molecule has 2 atom stereocenters. The number of pyridine rings is 1. The maximum atomic E-state index is 4.74. The summed E-state index contributed by atoms with van der Waals surface area (Å²) in [4.78, 5) is 21.4. The largest absolute Gasteiger partial charge is 0.354 e. The molecule has 0 saturated carbocycles. The van der Waals surface area contributed by atoms with E-state index < -0.39 is 0 Å². The fraction of sp³-hybridized carbons (Fsp3) is 0.591. The lowest BCUT2D eigenvalue weighted by Gasteiger charge is -2.38. The second-order valence-electron chi connectivity index (χ2n) is 8.41. The highest BCUT2D eigenvalue weighted by Crippen LogP contribution is 2.32. The molecule has 0 spiro atoms. The average molecular weight is 381 g/mol. The fourth-order valence-electron chi connectivity index (χ4n) is 4.49. The van der Waals surface area contributed by atoms with Crippen LogP contribution in [-0.2, 0) is 13.0 Å². The Morgan fingerprint density at radius 2 is 2.11 bits per heavy atom. The van der Waals surface area contributed by atoms with Crippen LogP contribution in [0, 0.1) is 6.92 Å². The highest BCUT2D eigenvalue weighted by molar-refractivity contribution is 5.41. The molecule has 2 aromatic heterocycles. The van der Waals surface area contributed by atoms with Gasteiger partial charge in [0.15, 0.2) is 0 Å². The number of hydrogen-bond donors (Lipinski definition) is 0. The Kier molecular flexibility index (Phi) is 5.60. The molecule has 0 N–H and O–H groups in total. The van der Waals surface area contributed by atoms with E-state index in [-0.39, 0.29) is 0 Å². The van der Waals surface area contributed by atoms with Crippen molar-refractivity contribution in [2.75, 3.05) is 38.6 Å². The molecule has 1 aliphatic heterocycles. The third kappa shape index (κ3) is 4.03. The van der Waals surface area contributed by atoms with Crippen molar-refractivity contribution in [1.29, 1.82) is 0 Å². The second-order valence-corrected chi connectivity index (χ2v) is 8.41. The number of anilines is 1. The molecular formula is C22H32N6. The van der Waals surface area contributed by atoms with Crippen LogP contribution in [0.15, 0.2) is 24.4 Å². The molecule has 150 valence electrons. The number of hydrogen-bond acceptors (Lipinski definition) is 6. The van der Waals surface area contributed by atoms with Gasteiger partial charge in [-0.15, -0.1) is 0 Å². The summed E-state index contributed by atoms with van der Waals surface area (Å²) in [5.74, 6) is 1.92. The van der Waals surface area contributed by atoms with Crippen LogP contribution in [0.3, 0.4) is 0 Å². The molecule has 1 fully saturated rings. The molecule has 3 heterocycles. The van der Waals surface area contributed by atoms with Crippen LogP contribution < -0.4 is 4.90 Å². The summed E-state index contributed by atoms with van der Waals surface area (Å²) in [6, 6.07) is 7.37. The lowest BCUT2D eigenvalue weighted by Crippen LogP contribution is -2.50. The summed E-state index contributed by atoms with van der Waals surface area (Å²) in [7, 11) is 4.40. The number of aryl methyl sites for hydroxylation is 2. The quantitative estimate of drug-likeness (QED) is 0.813. The lowest BCUT2D eigenvalue weighted by molar-refractivity contribution is 0.206. The Labute approximate surface area is 168 Å². The normalized spacial score (nSPS) is 23.1. The molecule has 4 rings (SSSR count). The van der Waals surface area contributed by atoms with Gasteiger partial charge in [0.2, 0.25) is 0 Å². The van der Waals surface area contributed by atoms with E-state index in [0.717, 1.165) is 56.4 Å². The van der Waals surface area contributed by atoms with Gasteiger partial charge < -0.3 is 9.80 Å². The van der Waals surface area contributed by atoms with Crippen molar-refractivity contribution in [2.24, 2.45) is 0 Å². The summed E-state index contributed by atoms with van der Waals surface area (Å²) >= 11 is 0. The molecule has 6 heteroatoms. The zero-order valence-corrected chi connectivity index (χ0v) is 17.6. The first-order chi connectivity index (χ1) is 13.5. The molecule has 6 nitrogen and oxygen atoms in total. The minimum atomic E-state index is 0.368. The summed E-state index contributed by atoms with van der Waals surface area (Å²) in [6.45, 7) is 8.21. The van der Waals surface area contributed by atoms with Gasteiger partial charge in [0, 0.05) is 44.5 Å². The molecule has 1 aliphatic carbocycles. The van der Waals surface area contributed by atoms with Gasteiger partial charge in [-0.1, -0.05) is 6.07 Å². The van der Waals surface area contributed by atoms with Crippen LogP contribution in [0.2, 0.25) is 0 Å². The molecule has 1 saturated heterocycles. The van der Waals surface area contributed by atoms with Crippen molar-refractivity contribution >= 4 is 5.82 Å². The summed E-state index contributed by atoms with van der Waals surface area (Å²) < 4.78 is 0. The number of likely N-dealkylation sites (N-methyl/N-ethyl adjacent to an activating group) is 1. The molecule has 2 aliphatic rings. The van der Waals surface area contributed by atoms with E-state index in [4.69, 9.17) is 15.0 Å². The van der Waals surface area contributed by atoms with Crippen molar-refractivity contribution in [1.82, 2.24) is 24.8 Å². The third-order valence-electron chi connectivity index (χ3n) is 6.27. The Morgan fingerprint density at radius 1 is 1.25 bits per heavy atom. The van der Waals surface area contributed by atoms with Gasteiger partial charge in [0.25, 0.3) is 0 Å². The van der Waals surface area contributed by atoms with Gasteiger partial charge in [-0.3, -0.25) is 9.88 Å². The average Bonchev–Trinajstić information content (AvgIpc) is 2.69. The summed E-state index contributed by atoms with van der Waals surface area (Å²) in [6.07, 6.45) is 5.45. The predicted octanol–water partition coefficient (Wildman–Crippen LogP) is 2.83. The van der Waals surface area contributed by atoms with Gasteiger partial charge in [-0.2, -0.15) is 0 Å². The maximum absolute atomic E-state index is 4.74. The van der Waals surface area contributed by atoms with Gasteiger partial charge in [-0.05, 0) is 58.8 Å². The summed E-state index contributed by atoms with van der Waals surface area (Å²) in [5.41, 5.74) is 3.74.